The SMILES string of the molecule is C=C(C)C(=O)OCCc1cc(-c2ccc(CCc3ccc(CCCCC)cc3)cc2CC)ccc1OCCC(C(O)C(C)(C)C)C(O)C(C)(C)C. The summed E-state index contributed by atoms with van der Waals surface area (Å²) < 4.78 is 11.9. The molecule has 3 rings (SSSR count). The van der Waals surface area contributed by atoms with E-state index in [1.54, 1.807) is 6.92 Å². The maximum atomic E-state index is 12.2. The van der Waals surface area contributed by atoms with E-state index in [1.165, 1.54) is 47.1 Å². The van der Waals surface area contributed by atoms with Gasteiger partial charge in [-0.1, -0.05) is 123 Å². The molecule has 0 aliphatic heterocycles. The van der Waals surface area contributed by atoms with Crippen molar-refractivity contribution in [3.8, 4) is 16.9 Å². The molecule has 0 aliphatic rings. The molecule has 5 nitrogen and oxygen atoms in total. The van der Waals surface area contributed by atoms with Crippen LogP contribution in [0.1, 0.15) is 116 Å². The molecule has 0 saturated heterocycles. The molecule has 0 amide bonds. The summed E-state index contributed by atoms with van der Waals surface area (Å²) in [5.74, 6) is -0.0502. The van der Waals surface area contributed by atoms with E-state index in [1.807, 2.05) is 47.6 Å². The molecule has 0 heterocycles. The Morgan fingerprint density at radius 3 is 1.88 bits per heavy atom. The van der Waals surface area contributed by atoms with Crippen LogP contribution in [-0.4, -0.2) is 41.6 Å². The van der Waals surface area contributed by atoms with Crippen LogP contribution < -0.4 is 4.74 Å². The fourth-order valence-corrected chi connectivity index (χ4v) is 6.65. The molecule has 2 N–H and O–H groups in total. The maximum Gasteiger partial charge on any atom is 0.333 e. The van der Waals surface area contributed by atoms with E-state index in [4.69, 9.17) is 9.47 Å². The molecule has 0 radical (unpaired) electrons. The van der Waals surface area contributed by atoms with Crippen molar-refractivity contribution in [3.05, 3.63) is 101 Å². The van der Waals surface area contributed by atoms with E-state index in [0.29, 0.717) is 30.8 Å². The lowest BCUT2D eigenvalue weighted by Gasteiger charge is -2.40. The minimum absolute atomic E-state index is 0.207. The van der Waals surface area contributed by atoms with Crippen LogP contribution in [0.3, 0.4) is 0 Å². The highest BCUT2D eigenvalue weighted by Gasteiger charge is 2.39. The number of aliphatic hydroxyl groups excluding tert-OH is 2. The van der Waals surface area contributed by atoms with Gasteiger partial charge in [0.05, 0.1) is 25.4 Å². The van der Waals surface area contributed by atoms with Gasteiger partial charge in [0.1, 0.15) is 5.75 Å². The summed E-state index contributed by atoms with van der Waals surface area (Å²) in [6.07, 6.45) is 7.44. The number of esters is 1. The minimum Gasteiger partial charge on any atom is -0.493 e. The molecule has 0 aromatic heterocycles. The second-order valence-electron chi connectivity index (χ2n) is 16.5. The summed E-state index contributed by atoms with van der Waals surface area (Å²) in [6, 6.07) is 22.2. The van der Waals surface area contributed by atoms with Crippen LogP contribution in [0.5, 0.6) is 5.75 Å². The van der Waals surface area contributed by atoms with Crippen molar-refractivity contribution in [3.63, 3.8) is 0 Å². The molecule has 2 atom stereocenters. The smallest absolute Gasteiger partial charge is 0.333 e. The lowest BCUT2D eigenvalue weighted by atomic mass is 9.71. The van der Waals surface area contributed by atoms with Gasteiger partial charge in [-0.05, 0) is 107 Å². The summed E-state index contributed by atoms with van der Waals surface area (Å²) in [6.45, 7) is 22.3. The van der Waals surface area contributed by atoms with Crippen molar-refractivity contribution in [2.75, 3.05) is 13.2 Å². The number of ether oxygens (including phenoxy) is 2. The van der Waals surface area contributed by atoms with E-state index in [9.17, 15) is 15.0 Å². The van der Waals surface area contributed by atoms with Gasteiger partial charge in [-0.25, -0.2) is 4.79 Å². The van der Waals surface area contributed by atoms with E-state index < -0.39 is 18.2 Å². The first-order valence-electron chi connectivity index (χ1n) is 19.2. The van der Waals surface area contributed by atoms with Gasteiger partial charge in [0, 0.05) is 17.9 Å². The predicted molar refractivity (Wildman–Crippen MR) is 212 cm³/mol. The van der Waals surface area contributed by atoms with Gasteiger partial charge in [-0.3, -0.25) is 0 Å². The number of hydrogen-bond acceptors (Lipinski definition) is 5. The molecule has 5 heteroatoms. The van der Waals surface area contributed by atoms with Crippen LogP contribution in [-0.2, 0) is 41.6 Å². The van der Waals surface area contributed by atoms with Gasteiger partial charge >= 0.3 is 5.97 Å². The molecule has 2 unspecified atom stereocenters. The molecular weight excluding hydrogens is 633 g/mol. The van der Waals surface area contributed by atoms with Crippen molar-refractivity contribution < 1.29 is 24.5 Å². The molecule has 0 aliphatic carbocycles. The third-order valence-electron chi connectivity index (χ3n) is 9.96. The molecule has 0 bridgehead atoms. The predicted octanol–water partition coefficient (Wildman–Crippen LogP) is 10.3. The number of hydrogen-bond donors (Lipinski definition) is 2. The number of benzene rings is 3. The lowest BCUT2D eigenvalue weighted by molar-refractivity contribution is -0.138. The van der Waals surface area contributed by atoms with Crippen molar-refractivity contribution >= 4 is 5.97 Å². The number of unbranched alkanes of at least 4 members (excludes halogenated alkanes) is 2. The quantitative estimate of drug-likeness (QED) is 0.0740. The van der Waals surface area contributed by atoms with Gasteiger partial charge in [0.25, 0.3) is 0 Å². The van der Waals surface area contributed by atoms with Crippen molar-refractivity contribution in [1.29, 1.82) is 0 Å². The number of carbonyl (C=O) groups excluding carboxylic acids is 1. The zero-order valence-electron chi connectivity index (χ0n) is 33.1. The standard InChI is InChI=1S/C46H66O5/c1-11-13-14-15-33-16-18-34(19-17-33)20-21-35-22-24-39(36(12-2)30-35)37-23-25-41(38(31-37)26-28-51-44(49)32(3)4)50-29-27-40(42(47)45(5,6)7)43(48)46(8,9)10/h16-19,22-25,30-31,40,42-43,47-48H,3,11-15,20-21,26-29H2,1-2,4-10H3. The topological polar surface area (TPSA) is 76.0 Å². The molecule has 0 spiro atoms. The van der Waals surface area contributed by atoms with Crippen molar-refractivity contribution in [2.45, 2.75) is 132 Å². The minimum atomic E-state index is -0.699. The van der Waals surface area contributed by atoms with Crippen LogP contribution in [0.15, 0.2) is 72.8 Å². The van der Waals surface area contributed by atoms with Crippen LogP contribution in [0.25, 0.3) is 11.1 Å². The molecule has 0 saturated carbocycles. The Hall–Kier alpha value is -3.41. The molecular formula is C46H66O5. The van der Waals surface area contributed by atoms with Gasteiger partial charge in [0.15, 0.2) is 0 Å². The van der Waals surface area contributed by atoms with Crippen LogP contribution in [0.2, 0.25) is 0 Å². The monoisotopic (exact) mass is 698 g/mol. The first-order valence-corrected chi connectivity index (χ1v) is 19.2. The molecule has 280 valence electrons. The first kappa shape index (κ1) is 42.0. The number of carbonyl (C=O) groups is 1. The molecule has 0 fully saturated rings. The van der Waals surface area contributed by atoms with E-state index in [2.05, 4.69) is 75.0 Å². The maximum absolute atomic E-state index is 12.2. The summed E-state index contributed by atoms with van der Waals surface area (Å²) in [7, 11) is 0. The van der Waals surface area contributed by atoms with E-state index in [0.717, 1.165) is 36.8 Å². The highest BCUT2D eigenvalue weighted by atomic mass is 16.5. The van der Waals surface area contributed by atoms with Crippen LogP contribution in [0, 0.1) is 16.7 Å². The Morgan fingerprint density at radius 2 is 1.31 bits per heavy atom. The molecule has 3 aromatic carbocycles. The highest BCUT2D eigenvalue weighted by molar-refractivity contribution is 5.86. The second kappa shape index (κ2) is 19.4. The number of aliphatic hydroxyl groups is 2. The summed E-state index contributed by atoms with van der Waals surface area (Å²) in [5, 5.41) is 22.5. The third kappa shape index (κ3) is 12.9. The van der Waals surface area contributed by atoms with Gasteiger partial charge in [0.2, 0.25) is 0 Å². The summed E-state index contributed by atoms with van der Waals surface area (Å²) >= 11 is 0. The fourth-order valence-electron chi connectivity index (χ4n) is 6.65. The zero-order chi connectivity index (χ0) is 37.8. The average Bonchev–Trinajstić information content (AvgIpc) is 3.08. The molecule has 3 aromatic rings. The highest BCUT2D eigenvalue weighted by Crippen LogP contribution is 2.36. The Balaban J connectivity index is 1.81. The van der Waals surface area contributed by atoms with Crippen molar-refractivity contribution in [1.82, 2.24) is 0 Å². The lowest BCUT2D eigenvalue weighted by Crippen LogP contribution is -2.46. The Bertz CT molecular complexity index is 1520. The normalized spacial score (nSPS) is 13.8. The van der Waals surface area contributed by atoms with E-state index >= 15 is 0 Å². The van der Waals surface area contributed by atoms with Crippen molar-refractivity contribution in [2.24, 2.45) is 16.7 Å². The average molecular weight is 699 g/mol. The Kier molecular flexibility index (Phi) is 16.0. The molecule has 51 heavy (non-hydrogen) atoms. The van der Waals surface area contributed by atoms with E-state index in [-0.39, 0.29) is 23.4 Å². The Morgan fingerprint density at radius 1 is 0.725 bits per heavy atom. The summed E-state index contributed by atoms with van der Waals surface area (Å²) in [5.41, 5.74) is 8.24. The van der Waals surface area contributed by atoms with Gasteiger partial charge < -0.3 is 19.7 Å². The number of rotatable bonds is 19. The van der Waals surface area contributed by atoms with Gasteiger partial charge in [-0.2, -0.15) is 0 Å². The number of aryl methyl sites for hydroxylation is 4. The zero-order valence-corrected chi connectivity index (χ0v) is 33.1. The fraction of sp³-hybridized carbons (Fsp3) is 0.543. The first-order chi connectivity index (χ1) is 24.0. The third-order valence-corrected chi connectivity index (χ3v) is 9.96. The van der Waals surface area contributed by atoms with Crippen LogP contribution in [0.4, 0.5) is 0 Å². The Labute approximate surface area is 309 Å². The summed E-state index contributed by atoms with van der Waals surface area (Å²) in [4.78, 5) is 12.2. The second-order valence-corrected chi connectivity index (χ2v) is 16.5. The largest absolute Gasteiger partial charge is 0.493 e. The van der Waals surface area contributed by atoms with Crippen LogP contribution >= 0.6 is 0 Å². The van der Waals surface area contributed by atoms with Gasteiger partial charge in [-0.15, -0.1) is 0 Å².